The second-order valence-corrected chi connectivity index (χ2v) is 9.82. The molecule has 0 saturated heterocycles. The van der Waals surface area contributed by atoms with Gasteiger partial charge < -0.3 is 19.4 Å². The van der Waals surface area contributed by atoms with Gasteiger partial charge >= 0.3 is 6.09 Å². The molecule has 0 aliphatic carbocycles. The van der Waals surface area contributed by atoms with Gasteiger partial charge in [0, 0.05) is 11.8 Å². The number of alkyl carbamates (subject to hydrolysis) is 1. The number of benzene rings is 2. The summed E-state index contributed by atoms with van der Waals surface area (Å²) in [5.41, 5.74) is -0.115. The summed E-state index contributed by atoms with van der Waals surface area (Å²) in [6, 6.07) is 12.1. The van der Waals surface area contributed by atoms with Crippen LogP contribution in [0.4, 0.5) is 13.6 Å². The molecule has 0 saturated carbocycles. The first-order chi connectivity index (χ1) is 16.5. The Morgan fingerprint density at radius 3 is 2.31 bits per heavy atom. The summed E-state index contributed by atoms with van der Waals surface area (Å²) in [5.74, 6) is -1.37. The van der Waals surface area contributed by atoms with E-state index < -0.39 is 34.8 Å². The average molecular weight is 549 g/mol. The van der Waals surface area contributed by atoms with Gasteiger partial charge in [-0.1, -0.05) is 36.4 Å². The lowest BCUT2D eigenvalue weighted by molar-refractivity contribution is 0.0486. The standard InChI is InChI=1S/C26H27BrF2N2O4/c1-16-24(23(32)19(27)14-31(16)13-18-20(28)11-8-12-21(18)29)34-15-22(17-9-6-5-7-10-17)30-25(33)35-26(2,3)4/h5-12,14,22H,13,15H2,1-4H3,(H,30,33)/t22-/m0/s1. The van der Waals surface area contributed by atoms with Crippen LogP contribution in [-0.4, -0.2) is 22.9 Å². The Bertz CT molecular complexity index is 1240. The van der Waals surface area contributed by atoms with Crippen molar-refractivity contribution < 1.29 is 23.0 Å². The van der Waals surface area contributed by atoms with Crippen LogP contribution >= 0.6 is 15.9 Å². The van der Waals surface area contributed by atoms with Gasteiger partial charge in [-0.15, -0.1) is 0 Å². The maximum Gasteiger partial charge on any atom is 0.408 e. The molecule has 0 fully saturated rings. The zero-order valence-corrected chi connectivity index (χ0v) is 21.5. The van der Waals surface area contributed by atoms with E-state index in [1.165, 1.54) is 29.0 Å². The molecule has 186 valence electrons. The van der Waals surface area contributed by atoms with Crippen molar-refractivity contribution in [2.75, 3.05) is 6.61 Å². The van der Waals surface area contributed by atoms with Crippen molar-refractivity contribution in [3.8, 4) is 5.75 Å². The number of aromatic nitrogens is 1. The fourth-order valence-electron chi connectivity index (χ4n) is 3.41. The number of hydrogen-bond donors (Lipinski definition) is 1. The highest BCUT2D eigenvalue weighted by Gasteiger charge is 2.23. The van der Waals surface area contributed by atoms with Gasteiger partial charge in [0.05, 0.1) is 22.8 Å². The molecule has 3 rings (SSSR count). The fraction of sp³-hybridized carbons (Fsp3) is 0.308. The summed E-state index contributed by atoms with van der Waals surface area (Å²) in [7, 11) is 0. The van der Waals surface area contributed by atoms with Gasteiger partial charge in [-0.25, -0.2) is 13.6 Å². The van der Waals surface area contributed by atoms with Crippen LogP contribution in [0.25, 0.3) is 0 Å². The minimum atomic E-state index is -0.692. The van der Waals surface area contributed by atoms with E-state index in [1.54, 1.807) is 27.7 Å². The van der Waals surface area contributed by atoms with Gasteiger partial charge in [0.2, 0.25) is 5.43 Å². The van der Waals surface area contributed by atoms with Crippen molar-refractivity contribution in [3.05, 3.63) is 97.9 Å². The number of carbonyl (C=O) groups excluding carboxylic acids is 1. The van der Waals surface area contributed by atoms with E-state index in [1.807, 2.05) is 30.3 Å². The van der Waals surface area contributed by atoms with Crippen molar-refractivity contribution >= 4 is 22.0 Å². The number of amides is 1. The van der Waals surface area contributed by atoms with Crippen molar-refractivity contribution in [2.24, 2.45) is 0 Å². The molecule has 35 heavy (non-hydrogen) atoms. The van der Waals surface area contributed by atoms with Crippen LogP contribution in [0.15, 0.2) is 64.0 Å². The number of rotatable bonds is 7. The van der Waals surface area contributed by atoms with E-state index in [-0.39, 0.29) is 28.9 Å². The SMILES string of the molecule is Cc1c(OC[C@H](NC(=O)OC(C)(C)C)c2ccccc2)c(=O)c(Br)cn1Cc1c(F)cccc1F. The Morgan fingerprint density at radius 1 is 1.09 bits per heavy atom. The van der Waals surface area contributed by atoms with Crippen LogP contribution in [0.5, 0.6) is 5.75 Å². The zero-order valence-electron chi connectivity index (χ0n) is 19.9. The molecule has 0 unspecified atom stereocenters. The van der Waals surface area contributed by atoms with E-state index in [0.29, 0.717) is 5.69 Å². The first-order valence-electron chi connectivity index (χ1n) is 11.0. The smallest absolute Gasteiger partial charge is 0.408 e. The molecule has 1 amide bonds. The molecule has 0 radical (unpaired) electrons. The number of carbonyl (C=O) groups is 1. The second kappa shape index (κ2) is 11.0. The number of hydrogen-bond acceptors (Lipinski definition) is 4. The predicted octanol–water partition coefficient (Wildman–Crippen LogP) is 5.89. The maximum atomic E-state index is 14.2. The minimum Gasteiger partial charge on any atom is -0.485 e. The van der Waals surface area contributed by atoms with Crippen LogP contribution in [0, 0.1) is 18.6 Å². The molecule has 0 spiro atoms. The summed E-state index contributed by atoms with van der Waals surface area (Å²) < 4.78 is 41.4. The molecule has 1 atom stereocenters. The number of halogens is 3. The molecule has 1 aromatic heterocycles. The second-order valence-electron chi connectivity index (χ2n) is 8.97. The lowest BCUT2D eigenvalue weighted by Gasteiger charge is -2.24. The topological polar surface area (TPSA) is 69.6 Å². The summed E-state index contributed by atoms with van der Waals surface area (Å²) in [6.07, 6.45) is 0.831. The van der Waals surface area contributed by atoms with Gasteiger partial charge in [-0.05, 0) is 61.3 Å². The Balaban J connectivity index is 1.89. The summed E-state index contributed by atoms with van der Waals surface area (Å²) in [5, 5.41) is 2.78. The third-order valence-corrected chi connectivity index (χ3v) is 5.69. The van der Waals surface area contributed by atoms with Crippen molar-refractivity contribution in [1.82, 2.24) is 9.88 Å². The fourth-order valence-corrected chi connectivity index (χ4v) is 3.83. The lowest BCUT2D eigenvalue weighted by atomic mass is 10.1. The monoisotopic (exact) mass is 548 g/mol. The molecule has 0 aliphatic heterocycles. The summed E-state index contributed by atoms with van der Waals surface area (Å²) in [4.78, 5) is 25.3. The quantitative estimate of drug-likeness (QED) is 0.399. The zero-order chi connectivity index (χ0) is 25.8. The molecule has 0 aliphatic rings. The molecular formula is C26H27BrF2N2O4. The van der Waals surface area contributed by atoms with Crippen molar-refractivity contribution in [3.63, 3.8) is 0 Å². The van der Waals surface area contributed by atoms with Crippen LogP contribution in [-0.2, 0) is 11.3 Å². The van der Waals surface area contributed by atoms with Crippen LogP contribution < -0.4 is 15.5 Å². The molecule has 6 nitrogen and oxygen atoms in total. The lowest BCUT2D eigenvalue weighted by Crippen LogP contribution is -2.37. The van der Waals surface area contributed by atoms with Gasteiger partial charge in [-0.2, -0.15) is 0 Å². The Hall–Kier alpha value is -3.20. The van der Waals surface area contributed by atoms with Gasteiger partial charge in [-0.3, -0.25) is 4.79 Å². The van der Waals surface area contributed by atoms with E-state index in [9.17, 15) is 18.4 Å². The Labute approximate surface area is 211 Å². The third kappa shape index (κ3) is 6.91. The predicted molar refractivity (Wildman–Crippen MR) is 133 cm³/mol. The Kier molecular flexibility index (Phi) is 8.32. The van der Waals surface area contributed by atoms with E-state index >= 15 is 0 Å². The normalized spacial score (nSPS) is 12.2. The van der Waals surface area contributed by atoms with Crippen LogP contribution in [0.3, 0.4) is 0 Å². The van der Waals surface area contributed by atoms with Crippen LogP contribution in [0.1, 0.15) is 43.6 Å². The minimum absolute atomic E-state index is 0.00282. The summed E-state index contributed by atoms with van der Waals surface area (Å²) in [6.45, 7) is 6.67. The maximum absolute atomic E-state index is 14.2. The van der Waals surface area contributed by atoms with Crippen LogP contribution in [0.2, 0.25) is 0 Å². The number of ether oxygens (including phenoxy) is 2. The first-order valence-corrected chi connectivity index (χ1v) is 11.7. The molecular weight excluding hydrogens is 522 g/mol. The van der Waals surface area contributed by atoms with Gasteiger partial charge in [0.1, 0.15) is 23.8 Å². The molecule has 1 N–H and O–H groups in total. The van der Waals surface area contributed by atoms with Crippen molar-refractivity contribution in [1.29, 1.82) is 0 Å². The third-order valence-electron chi connectivity index (χ3n) is 5.13. The van der Waals surface area contributed by atoms with E-state index in [2.05, 4.69) is 21.2 Å². The van der Waals surface area contributed by atoms with Crippen molar-refractivity contribution in [2.45, 2.75) is 45.9 Å². The molecule has 0 bridgehead atoms. The van der Waals surface area contributed by atoms with Gasteiger partial charge in [0.25, 0.3) is 0 Å². The molecule has 3 aromatic rings. The molecule has 9 heteroatoms. The average Bonchev–Trinajstić information content (AvgIpc) is 2.78. The highest BCUT2D eigenvalue weighted by molar-refractivity contribution is 9.10. The molecule has 1 heterocycles. The largest absolute Gasteiger partial charge is 0.485 e. The van der Waals surface area contributed by atoms with Gasteiger partial charge in [0.15, 0.2) is 5.75 Å². The van der Waals surface area contributed by atoms with E-state index in [4.69, 9.17) is 9.47 Å². The first kappa shape index (κ1) is 26.4. The number of pyridine rings is 1. The Morgan fingerprint density at radius 2 is 1.71 bits per heavy atom. The number of nitrogens with zero attached hydrogens (tertiary/aromatic N) is 1. The molecule has 2 aromatic carbocycles. The van der Waals surface area contributed by atoms with E-state index in [0.717, 1.165) is 5.56 Å². The number of nitrogens with one attached hydrogen (secondary N) is 1. The highest BCUT2D eigenvalue weighted by Crippen LogP contribution is 2.23. The highest BCUT2D eigenvalue weighted by atomic mass is 79.9. The summed E-state index contributed by atoms with van der Waals surface area (Å²) >= 11 is 3.22.